The Morgan fingerprint density at radius 2 is 2.00 bits per heavy atom. The molecule has 1 fully saturated rings. The molecule has 1 aliphatic carbocycles. The van der Waals surface area contributed by atoms with E-state index in [1.807, 2.05) is 29.6 Å². The SMILES string of the molecule is COc1ccccc1-c1csc(NC(=O)[C@@H]2[C@@H](C(=O)O)C2(C)C)n1. The van der Waals surface area contributed by atoms with Gasteiger partial charge in [0.15, 0.2) is 5.13 Å². The molecule has 24 heavy (non-hydrogen) atoms. The molecule has 0 spiro atoms. The number of aliphatic carboxylic acids is 1. The van der Waals surface area contributed by atoms with Crippen LogP contribution in [0.25, 0.3) is 11.3 Å². The fourth-order valence-electron chi connectivity index (χ4n) is 3.08. The van der Waals surface area contributed by atoms with Crippen LogP contribution in [0.5, 0.6) is 5.75 Å². The molecule has 2 atom stereocenters. The summed E-state index contributed by atoms with van der Waals surface area (Å²) in [7, 11) is 1.59. The van der Waals surface area contributed by atoms with E-state index in [-0.39, 0.29) is 5.91 Å². The molecular formula is C17H18N2O4S. The quantitative estimate of drug-likeness (QED) is 0.868. The van der Waals surface area contributed by atoms with Crippen LogP contribution >= 0.6 is 11.3 Å². The van der Waals surface area contributed by atoms with Crippen molar-refractivity contribution < 1.29 is 19.4 Å². The van der Waals surface area contributed by atoms with Crippen molar-refractivity contribution in [1.29, 1.82) is 0 Å². The fourth-order valence-corrected chi connectivity index (χ4v) is 3.80. The Morgan fingerprint density at radius 1 is 1.29 bits per heavy atom. The smallest absolute Gasteiger partial charge is 0.307 e. The Balaban J connectivity index is 1.76. The maximum absolute atomic E-state index is 12.3. The first-order valence-electron chi connectivity index (χ1n) is 7.49. The number of hydrogen-bond donors (Lipinski definition) is 2. The van der Waals surface area contributed by atoms with Crippen LogP contribution in [-0.2, 0) is 9.59 Å². The minimum Gasteiger partial charge on any atom is -0.496 e. The molecule has 1 aromatic heterocycles. The normalized spacial score (nSPS) is 21.1. The van der Waals surface area contributed by atoms with E-state index in [9.17, 15) is 14.7 Å². The summed E-state index contributed by atoms with van der Waals surface area (Å²) in [6.07, 6.45) is 0. The minimum absolute atomic E-state index is 0.298. The predicted molar refractivity (Wildman–Crippen MR) is 91.1 cm³/mol. The Kier molecular flexibility index (Phi) is 4.04. The minimum atomic E-state index is -0.936. The van der Waals surface area contributed by atoms with Gasteiger partial charge in [0.2, 0.25) is 5.91 Å². The third kappa shape index (κ3) is 2.75. The topological polar surface area (TPSA) is 88.5 Å². The second-order valence-corrected chi connectivity index (χ2v) is 7.20. The van der Waals surface area contributed by atoms with Gasteiger partial charge in [-0.15, -0.1) is 11.3 Å². The number of carbonyl (C=O) groups excluding carboxylic acids is 1. The number of ether oxygens (including phenoxy) is 1. The van der Waals surface area contributed by atoms with Crippen molar-refractivity contribution in [1.82, 2.24) is 4.98 Å². The monoisotopic (exact) mass is 346 g/mol. The maximum Gasteiger partial charge on any atom is 0.307 e. The molecule has 0 saturated heterocycles. The fraction of sp³-hybridized carbons (Fsp3) is 0.353. The van der Waals surface area contributed by atoms with E-state index in [1.165, 1.54) is 11.3 Å². The largest absolute Gasteiger partial charge is 0.496 e. The van der Waals surface area contributed by atoms with E-state index < -0.39 is 23.2 Å². The molecule has 3 rings (SSSR count). The molecule has 1 aliphatic rings. The highest BCUT2D eigenvalue weighted by atomic mass is 32.1. The third-order valence-corrected chi connectivity index (χ3v) is 5.25. The molecule has 1 amide bonds. The first-order valence-corrected chi connectivity index (χ1v) is 8.36. The molecule has 2 N–H and O–H groups in total. The van der Waals surface area contributed by atoms with Crippen LogP contribution in [0.4, 0.5) is 5.13 Å². The number of carbonyl (C=O) groups is 2. The number of hydrogen-bond acceptors (Lipinski definition) is 5. The molecule has 126 valence electrons. The highest BCUT2D eigenvalue weighted by Gasteiger charge is 2.65. The lowest BCUT2D eigenvalue weighted by molar-refractivity contribution is -0.140. The predicted octanol–water partition coefficient (Wildman–Crippen LogP) is 3.11. The van der Waals surface area contributed by atoms with E-state index >= 15 is 0 Å². The van der Waals surface area contributed by atoms with Crippen molar-refractivity contribution in [2.75, 3.05) is 12.4 Å². The van der Waals surface area contributed by atoms with Crippen LogP contribution in [-0.4, -0.2) is 29.1 Å². The van der Waals surface area contributed by atoms with Gasteiger partial charge in [0, 0.05) is 10.9 Å². The number of nitrogens with one attached hydrogen (secondary N) is 1. The average molecular weight is 346 g/mol. The van der Waals surface area contributed by atoms with Gasteiger partial charge in [-0.1, -0.05) is 26.0 Å². The Bertz CT molecular complexity index is 799. The highest BCUT2D eigenvalue weighted by molar-refractivity contribution is 7.14. The summed E-state index contributed by atoms with van der Waals surface area (Å²) in [6.45, 7) is 3.58. The molecule has 0 aliphatic heterocycles. The van der Waals surface area contributed by atoms with Gasteiger partial charge in [-0.3, -0.25) is 9.59 Å². The summed E-state index contributed by atoms with van der Waals surface area (Å²) < 4.78 is 5.32. The lowest BCUT2D eigenvalue weighted by atomic mass is 10.1. The van der Waals surface area contributed by atoms with Crippen molar-refractivity contribution in [2.45, 2.75) is 13.8 Å². The molecule has 2 aromatic rings. The van der Waals surface area contributed by atoms with Crippen LogP contribution in [0.15, 0.2) is 29.6 Å². The number of para-hydroxylation sites is 1. The Labute approximate surface area is 143 Å². The summed E-state index contributed by atoms with van der Waals surface area (Å²) in [6, 6.07) is 7.50. The van der Waals surface area contributed by atoms with Gasteiger partial charge < -0.3 is 15.2 Å². The van der Waals surface area contributed by atoms with Crippen molar-refractivity contribution in [3.8, 4) is 17.0 Å². The number of rotatable bonds is 5. The molecule has 1 aromatic carbocycles. The molecule has 0 radical (unpaired) electrons. The van der Waals surface area contributed by atoms with E-state index in [2.05, 4.69) is 10.3 Å². The second kappa shape index (κ2) is 5.90. The summed E-state index contributed by atoms with van der Waals surface area (Å²) in [5.74, 6) is -1.71. The van der Waals surface area contributed by atoms with Crippen LogP contribution < -0.4 is 10.1 Å². The van der Waals surface area contributed by atoms with Gasteiger partial charge in [-0.25, -0.2) is 4.98 Å². The van der Waals surface area contributed by atoms with Crippen LogP contribution in [0, 0.1) is 17.3 Å². The zero-order valence-corrected chi connectivity index (χ0v) is 14.4. The molecule has 0 bridgehead atoms. The summed E-state index contributed by atoms with van der Waals surface area (Å²) in [5.41, 5.74) is 1.02. The summed E-state index contributed by atoms with van der Waals surface area (Å²) >= 11 is 1.30. The van der Waals surface area contributed by atoms with Crippen LogP contribution in [0.1, 0.15) is 13.8 Å². The van der Waals surface area contributed by atoms with Crippen LogP contribution in [0.2, 0.25) is 0 Å². The van der Waals surface area contributed by atoms with Crippen molar-refractivity contribution in [2.24, 2.45) is 17.3 Å². The number of amides is 1. The number of nitrogens with zero attached hydrogens (tertiary/aromatic N) is 1. The number of methoxy groups -OCH3 is 1. The summed E-state index contributed by atoms with van der Waals surface area (Å²) in [4.78, 5) is 28.0. The first-order chi connectivity index (χ1) is 11.4. The lowest BCUT2D eigenvalue weighted by Gasteiger charge is -2.05. The molecule has 0 unspecified atom stereocenters. The lowest BCUT2D eigenvalue weighted by Crippen LogP contribution is -2.17. The van der Waals surface area contributed by atoms with E-state index in [0.717, 1.165) is 5.56 Å². The van der Waals surface area contributed by atoms with E-state index in [4.69, 9.17) is 4.74 Å². The number of anilines is 1. The van der Waals surface area contributed by atoms with Gasteiger partial charge in [-0.2, -0.15) is 0 Å². The molecule has 7 heteroatoms. The van der Waals surface area contributed by atoms with E-state index in [0.29, 0.717) is 16.6 Å². The van der Waals surface area contributed by atoms with Gasteiger partial charge in [0.1, 0.15) is 5.75 Å². The number of carboxylic acids is 1. The van der Waals surface area contributed by atoms with Gasteiger partial charge in [0.05, 0.1) is 24.6 Å². The van der Waals surface area contributed by atoms with Gasteiger partial charge >= 0.3 is 5.97 Å². The average Bonchev–Trinajstić information content (AvgIpc) is 2.89. The zero-order chi connectivity index (χ0) is 17.5. The Morgan fingerprint density at radius 3 is 2.62 bits per heavy atom. The van der Waals surface area contributed by atoms with Gasteiger partial charge in [-0.05, 0) is 17.5 Å². The maximum atomic E-state index is 12.3. The Hall–Kier alpha value is -2.41. The van der Waals surface area contributed by atoms with Crippen molar-refractivity contribution in [3.63, 3.8) is 0 Å². The molecular weight excluding hydrogens is 328 g/mol. The standard InChI is InChI=1S/C17H18N2O4S/c1-17(2)12(13(17)15(21)22)14(20)19-16-18-10(8-24-16)9-6-4-5-7-11(9)23-3/h4-8,12-13H,1-3H3,(H,21,22)(H,18,19,20)/t12-,13-/m0/s1. The summed E-state index contributed by atoms with van der Waals surface area (Å²) in [5, 5.41) is 14.2. The highest BCUT2D eigenvalue weighted by Crippen LogP contribution is 2.58. The van der Waals surface area contributed by atoms with Gasteiger partial charge in [0.25, 0.3) is 0 Å². The first kappa shape index (κ1) is 16.4. The number of benzene rings is 1. The van der Waals surface area contributed by atoms with Crippen molar-refractivity contribution in [3.05, 3.63) is 29.6 Å². The third-order valence-electron chi connectivity index (χ3n) is 4.49. The molecule has 1 saturated carbocycles. The van der Waals surface area contributed by atoms with Crippen molar-refractivity contribution >= 4 is 28.3 Å². The number of thiazole rings is 1. The van der Waals surface area contributed by atoms with E-state index in [1.54, 1.807) is 21.0 Å². The molecule has 6 nitrogen and oxygen atoms in total. The second-order valence-electron chi connectivity index (χ2n) is 6.34. The molecule has 1 heterocycles. The van der Waals surface area contributed by atoms with Crippen LogP contribution in [0.3, 0.4) is 0 Å². The zero-order valence-electron chi connectivity index (χ0n) is 13.6. The number of carboxylic acid groups (broad SMARTS) is 1. The number of aromatic nitrogens is 1.